The Morgan fingerprint density at radius 2 is 1.80 bits per heavy atom. The number of Topliss-reactive ketones (excluding diaryl/α,β-unsaturated/α-hetero) is 2. The number of esters is 2. The van der Waals surface area contributed by atoms with Gasteiger partial charge < -0.3 is 14.2 Å². The Balaban J connectivity index is 3.29. The largest absolute Gasteiger partial charge is 0.466 e. The minimum atomic E-state index is -2.08. The van der Waals surface area contributed by atoms with Crippen LogP contribution < -0.4 is 0 Å². The van der Waals surface area contributed by atoms with Crippen molar-refractivity contribution in [2.24, 2.45) is 5.41 Å². The van der Waals surface area contributed by atoms with Crippen LogP contribution in [0.2, 0.25) is 0 Å². The van der Waals surface area contributed by atoms with Crippen LogP contribution in [0.25, 0.3) is 0 Å². The van der Waals surface area contributed by atoms with Crippen LogP contribution in [0, 0.1) is 5.41 Å². The first-order chi connectivity index (χ1) is 14.1. The fourth-order valence-corrected chi connectivity index (χ4v) is 2.94. The SMILES string of the molecule is CCOC(=O)CCCCC(C(=O)COC)(C(=O)OC(C)(C)C)C(=O)c1cccnc1. The van der Waals surface area contributed by atoms with Crippen LogP contribution in [0.5, 0.6) is 0 Å². The summed E-state index contributed by atoms with van der Waals surface area (Å²) in [4.78, 5) is 55.2. The molecule has 0 aliphatic rings. The number of carbonyl (C=O) groups excluding carboxylic acids is 4. The lowest BCUT2D eigenvalue weighted by Crippen LogP contribution is -2.51. The zero-order chi connectivity index (χ0) is 22.8. The van der Waals surface area contributed by atoms with Gasteiger partial charge in [-0.05, 0) is 52.7 Å². The summed E-state index contributed by atoms with van der Waals surface area (Å²) in [6.07, 6.45) is 3.42. The molecule has 0 N–H and O–H groups in total. The van der Waals surface area contributed by atoms with Crippen LogP contribution >= 0.6 is 0 Å². The molecule has 0 bridgehead atoms. The molecule has 30 heavy (non-hydrogen) atoms. The van der Waals surface area contributed by atoms with E-state index in [9.17, 15) is 19.2 Å². The summed E-state index contributed by atoms with van der Waals surface area (Å²) in [6, 6.07) is 3.04. The molecule has 1 atom stereocenters. The number of methoxy groups -OCH3 is 1. The van der Waals surface area contributed by atoms with Gasteiger partial charge in [-0.15, -0.1) is 0 Å². The first-order valence-electron chi connectivity index (χ1n) is 9.94. The molecule has 8 heteroatoms. The van der Waals surface area contributed by atoms with E-state index in [1.807, 2.05) is 0 Å². The zero-order valence-electron chi connectivity index (χ0n) is 18.4. The van der Waals surface area contributed by atoms with E-state index in [0.29, 0.717) is 6.42 Å². The highest BCUT2D eigenvalue weighted by Gasteiger charge is 2.54. The van der Waals surface area contributed by atoms with Crippen molar-refractivity contribution in [3.63, 3.8) is 0 Å². The fraction of sp³-hybridized carbons (Fsp3) is 0.591. The molecule has 0 aliphatic carbocycles. The molecule has 0 saturated heterocycles. The van der Waals surface area contributed by atoms with Gasteiger partial charge in [0.2, 0.25) is 0 Å². The van der Waals surface area contributed by atoms with E-state index in [0.717, 1.165) is 0 Å². The lowest BCUT2D eigenvalue weighted by Gasteiger charge is -2.32. The molecule has 0 amide bonds. The number of ketones is 2. The second-order valence-corrected chi connectivity index (χ2v) is 7.85. The molecule has 0 saturated carbocycles. The molecule has 1 aromatic heterocycles. The maximum Gasteiger partial charge on any atom is 0.328 e. The molecular formula is C22H31NO7. The number of hydrogen-bond acceptors (Lipinski definition) is 8. The van der Waals surface area contributed by atoms with Crippen molar-refractivity contribution in [1.82, 2.24) is 4.98 Å². The molecular weight excluding hydrogens is 390 g/mol. The van der Waals surface area contributed by atoms with Crippen molar-refractivity contribution in [2.45, 2.75) is 59.0 Å². The molecule has 1 aromatic rings. The Morgan fingerprint density at radius 3 is 2.33 bits per heavy atom. The van der Waals surface area contributed by atoms with Gasteiger partial charge in [0.1, 0.15) is 12.2 Å². The van der Waals surface area contributed by atoms with E-state index in [-0.39, 0.29) is 37.4 Å². The van der Waals surface area contributed by atoms with Gasteiger partial charge in [-0.1, -0.05) is 6.42 Å². The van der Waals surface area contributed by atoms with Gasteiger partial charge in [-0.3, -0.25) is 24.2 Å². The van der Waals surface area contributed by atoms with Crippen LogP contribution in [-0.2, 0) is 28.6 Å². The van der Waals surface area contributed by atoms with Gasteiger partial charge in [0, 0.05) is 31.5 Å². The van der Waals surface area contributed by atoms with Gasteiger partial charge in [-0.25, -0.2) is 0 Å². The predicted molar refractivity (Wildman–Crippen MR) is 109 cm³/mol. The number of nitrogens with zero attached hydrogens (tertiary/aromatic N) is 1. The normalized spacial score (nSPS) is 13.2. The Bertz CT molecular complexity index is 740. The summed E-state index contributed by atoms with van der Waals surface area (Å²) in [7, 11) is 1.31. The quantitative estimate of drug-likeness (QED) is 0.219. The number of rotatable bonds is 12. The summed E-state index contributed by atoms with van der Waals surface area (Å²) in [6.45, 7) is 6.53. The third kappa shape index (κ3) is 7.02. The summed E-state index contributed by atoms with van der Waals surface area (Å²) >= 11 is 0. The van der Waals surface area contributed by atoms with E-state index in [4.69, 9.17) is 14.2 Å². The third-order valence-corrected chi connectivity index (χ3v) is 4.30. The number of hydrogen-bond donors (Lipinski definition) is 0. The van der Waals surface area contributed by atoms with Gasteiger partial charge >= 0.3 is 11.9 Å². The maximum absolute atomic E-state index is 13.4. The molecule has 8 nitrogen and oxygen atoms in total. The van der Waals surface area contributed by atoms with Crippen LogP contribution in [0.15, 0.2) is 24.5 Å². The Morgan fingerprint density at radius 1 is 1.10 bits per heavy atom. The highest BCUT2D eigenvalue weighted by atomic mass is 16.6. The Labute approximate surface area is 177 Å². The van der Waals surface area contributed by atoms with Crippen molar-refractivity contribution in [1.29, 1.82) is 0 Å². The third-order valence-electron chi connectivity index (χ3n) is 4.30. The fourth-order valence-electron chi connectivity index (χ4n) is 2.94. The molecule has 0 fully saturated rings. The molecule has 0 radical (unpaired) electrons. The molecule has 0 aromatic carbocycles. The summed E-state index contributed by atoms with van der Waals surface area (Å²) < 4.78 is 15.3. The van der Waals surface area contributed by atoms with E-state index < -0.39 is 35.2 Å². The highest BCUT2D eigenvalue weighted by molar-refractivity contribution is 6.27. The first kappa shape index (κ1) is 25.4. The Hall–Kier alpha value is -2.61. The van der Waals surface area contributed by atoms with Gasteiger partial charge in [0.25, 0.3) is 0 Å². The van der Waals surface area contributed by atoms with Crippen molar-refractivity contribution in [3.05, 3.63) is 30.1 Å². The molecule has 0 aliphatic heterocycles. The highest BCUT2D eigenvalue weighted by Crippen LogP contribution is 2.34. The number of aromatic nitrogens is 1. The van der Waals surface area contributed by atoms with Crippen LogP contribution in [0.4, 0.5) is 0 Å². The monoisotopic (exact) mass is 421 g/mol. The smallest absolute Gasteiger partial charge is 0.328 e. The van der Waals surface area contributed by atoms with Crippen molar-refractivity contribution < 1.29 is 33.4 Å². The number of unbranched alkanes of at least 4 members (excludes halogenated alkanes) is 1. The summed E-state index contributed by atoms with van der Waals surface area (Å²) in [5.41, 5.74) is -2.87. The van der Waals surface area contributed by atoms with E-state index in [1.54, 1.807) is 33.8 Å². The van der Waals surface area contributed by atoms with Gasteiger partial charge in [0.05, 0.1) is 6.61 Å². The zero-order valence-corrected chi connectivity index (χ0v) is 18.4. The Kier molecular flexibility index (Phi) is 9.78. The minimum Gasteiger partial charge on any atom is -0.466 e. The maximum atomic E-state index is 13.4. The second kappa shape index (κ2) is 11.5. The summed E-state index contributed by atoms with van der Waals surface area (Å²) in [5.74, 6) is -2.68. The first-order valence-corrected chi connectivity index (χ1v) is 9.94. The number of pyridine rings is 1. The molecule has 0 spiro atoms. The summed E-state index contributed by atoms with van der Waals surface area (Å²) in [5, 5.41) is 0. The standard InChI is InChI=1S/C22H31NO7/c1-6-29-18(25)11-7-8-12-22(17(24)15-28-5,20(27)30-21(2,3)4)19(26)16-10-9-13-23-14-16/h9-10,13-14H,6-8,11-12,15H2,1-5H3. The average molecular weight is 421 g/mol. The van der Waals surface area contributed by atoms with Crippen molar-refractivity contribution in [2.75, 3.05) is 20.3 Å². The average Bonchev–Trinajstić information content (AvgIpc) is 2.67. The molecule has 1 unspecified atom stereocenters. The van der Waals surface area contributed by atoms with Gasteiger partial charge in [0.15, 0.2) is 17.0 Å². The van der Waals surface area contributed by atoms with E-state index in [2.05, 4.69) is 4.98 Å². The lowest BCUT2D eigenvalue weighted by molar-refractivity contribution is -0.168. The predicted octanol–water partition coefficient (Wildman–Crippen LogP) is 2.93. The van der Waals surface area contributed by atoms with E-state index in [1.165, 1.54) is 25.6 Å². The lowest BCUT2D eigenvalue weighted by atomic mass is 9.72. The van der Waals surface area contributed by atoms with Crippen molar-refractivity contribution in [3.8, 4) is 0 Å². The van der Waals surface area contributed by atoms with E-state index >= 15 is 0 Å². The van der Waals surface area contributed by atoms with Gasteiger partial charge in [-0.2, -0.15) is 0 Å². The van der Waals surface area contributed by atoms with Crippen LogP contribution in [-0.4, -0.2) is 54.4 Å². The molecule has 1 heterocycles. The minimum absolute atomic E-state index is 0.114. The number of carbonyl (C=O) groups is 4. The molecule has 166 valence electrons. The van der Waals surface area contributed by atoms with Crippen molar-refractivity contribution >= 4 is 23.5 Å². The second-order valence-electron chi connectivity index (χ2n) is 7.85. The van der Waals surface area contributed by atoms with Crippen LogP contribution in [0.1, 0.15) is 63.7 Å². The van der Waals surface area contributed by atoms with Crippen LogP contribution in [0.3, 0.4) is 0 Å². The molecule has 1 rings (SSSR count). The topological polar surface area (TPSA) is 109 Å². The number of ether oxygens (including phenoxy) is 3.